The van der Waals surface area contributed by atoms with Crippen molar-refractivity contribution in [3.8, 4) is 19.5 Å². The third-order valence-corrected chi connectivity index (χ3v) is 16.7. The summed E-state index contributed by atoms with van der Waals surface area (Å²) < 4.78 is 25.9. The average Bonchev–Trinajstić information content (AvgIpc) is 4.07. The first-order valence-corrected chi connectivity index (χ1v) is 25.8. The molecule has 0 unspecified atom stereocenters. The van der Waals surface area contributed by atoms with E-state index in [-0.39, 0.29) is 0 Å². The standard InChI is InChI=1S/C48H70O4S4/c1-3-5-7-9-11-13-15-17-19-21-23-39-25-27-41(53-39)43-29-31-45(55-43)47(49-35-36-50-47)33-34-48(51-37-38-52-48)46-32-30-44(56-46)42-28-26-40(54-42)24-22-20-18-16-14-12-10-8-6-4-2/h25-32H,3-24,33-38H2,1-2H3. The van der Waals surface area contributed by atoms with Gasteiger partial charge in [0.1, 0.15) is 0 Å². The van der Waals surface area contributed by atoms with E-state index in [4.69, 9.17) is 18.9 Å². The van der Waals surface area contributed by atoms with Crippen molar-refractivity contribution in [2.75, 3.05) is 26.4 Å². The van der Waals surface area contributed by atoms with Gasteiger partial charge in [-0.2, -0.15) is 0 Å². The van der Waals surface area contributed by atoms with Crippen LogP contribution in [-0.4, -0.2) is 26.4 Å². The van der Waals surface area contributed by atoms with Crippen LogP contribution in [0.25, 0.3) is 19.5 Å². The van der Waals surface area contributed by atoms with Crippen molar-refractivity contribution in [1.29, 1.82) is 0 Å². The third kappa shape index (κ3) is 13.1. The van der Waals surface area contributed by atoms with Gasteiger partial charge in [-0.05, 0) is 74.2 Å². The highest BCUT2D eigenvalue weighted by molar-refractivity contribution is 7.22. The van der Waals surface area contributed by atoms with Gasteiger partial charge in [-0.3, -0.25) is 0 Å². The molecule has 0 spiro atoms. The van der Waals surface area contributed by atoms with Crippen LogP contribution in [0.5, 0.6) is 0 Å². The molecule has 8 heteroatoms. The van der Waals surface area contributed by atoms with Crippen molar-refractivity contribution < 1.29 is 18.9 Å². The largest absolute Gasteiger partial charge is 0.343 e. The van der Waals surface area contributed by atoms with Gasteiger partial charge in [0.05, 0.1) is 36.2 Å². The fourth-order valence-electron chi connectivity index (χ4n) is 8.27. The third-order valence-electron chi connectivity index (χ3n) is 11.6. The molecule has 4 nitrogen and oxygen atoms in total. The van der Waals surface area contributed by atoms with Gasteiger partial charge < -0.3 is 18.9 Å². The first-order valence-electron chi connectivity index (χ1n) is 22.6. The van der Waals surface area contributed by atoms with E-state index in [1.807, 2.05) is 45.3 Å². The highest BCUT2D eigenvalue weighted by atomic mass is 32.1. The maximum atomic E-state index is 6.48. The summed E-state index contributed by atoms with van der Waals surface area (Å²) in [6.07, 6.45) is 31.4. The average molecular weight is 839 g/mol. The highest BCUT2D eigenvalue weighted by Crippen LogP contribution is 2.49. The Bertz CT molecular complexity index is 1510. The predicted octanol–water partition coefficient (Wildman–Crippen LogP) is 16.1. The summed E-state index contributed by atoms with van der Waals surface area (Å²) in [6, 6.07) is 18.3. The molecule has 0 aliphatic carbocycles. The maximum absolute atomic E-state index is 6.48. The van der Waals surface area contributed by atoms with Gasteiger partial charge in [0.25, 0.3) is 0 Å². The lowest BCUT2D eigenvalue weighted by Crippen LogP contribution is -2.33. The SMILES string of the molecule is CCCCCCCCCCCCc1ccc(-c2ccc(C3(CCC4(c5ccc(-c6ccc(CCCCCCCCCCCC)s6)s5)OCCO4)OCCO3)s2)s1. The lowest BCUT2D eigenvalue weighted by Gasteiger charge is -2.32. The van der Waals surface area contributed by atoms with E-state index in [1.165, 1.54) is 171 Å². The van der Waals surface area contributed by atoms with Crippen LogP contribution in [-0.2, 0) is 43.4 Å². The normalized spacial score (nSPS) is 16.4. The van der Waals surface area contributed by atoms with Gasteiger partial charge in [0.15, 0.2) is 0 Å². The molecule has 2 aliphatic rings. The first-order chi connectivity index (χ1) is 27.6. The Morgan fingerprint density at radius 2 is 0.679 bits per heavy atom. The van der Waals surface area contributed by atoms with Crippen LogP contribution < -0.4 is 0 Å². The van der Waals surface area contributed by atoms with E-state index in [0.29, 0.717) is 39.3 Å². The zero-order valence-electron chi connectivity index (χ0n) is 34.7. The summed E-state index contributed by atoms with van der Waals surface area (Å²) in [5.41, 5.74) is 0. The van der Waals surface area contributed by atoms with Crippen LogP contribution in [0.1, 0.15) is 175 Å². The number of thiophene rings is 4. The fraction of sp³-hybridized carbons (Fsp3) is 0.667. The summed E-state index contributed by atoms with van der Waals surface area (Å²) in [6.45, 7) is 7.00. The monoisotopic (exact) mass is 838 g/mol. The van der Waals surface area contributed by atoms with Crippen molar-refractivity contribution >= 4 is 45.3 Å². The Morgan fingerprint density at radius 3 is 1.04 bits per heavy atom. The molecule has 0 aromatic carbocycles. The molecule has 0 atom stereocenters. The summed E-state index contributed by atoms with van der Waals surface area (Å²) in [5.74, 6) is -1.53. The molecule has 6 heterocycles. The van der Waals surface area contributed by atoms with Crippen molar-refractivity contribution in [2.24, 2.45) is 0 Å². The zero-order chi connectivity index (χ0) is 38.7. The number of rotatable bonds is 29. The zero-order valence-corrected chi connectivity index (χ0v) is 37.9. The van der Waals surface area contributed by atoms with Gasteiger partial charge in [0.2, 0.25) is 11.6 Å². The van der Waals surface area contributed by atoms with Crippen molar-refractivity contribution in [2.45, 2.75) is 180 Å². The van der Waals surface area contributed by atoms with E-state index in [2.05, 4.69) is 62.4 Å². The summed E-state index contributed by atoms with van der Waals surface area (Å²) >= 11 is 7.54. The van der Waals surface area contributed by atoms with Crippen LogP contribution in [0.4, 0.5) is 0 Å². The minimum absolute atomic E-state index is 0.604. The van der Waals surface area contributed by atoms with Crippen LogP contribution in [0.2, 0.25) is 0 Å². The molecule has 0 saturated carbocycles. The Labute approximate surface area is 355 Å². The highest BCUT2D eigenvalue weighted by Gasteiger charge is 2.46. The Balaban J connectivity index is 0.976. The summed E-state index contributed by atoms with van der Waals surface area (Å²) in [4.78, 5) is 10.6. The minimum atomic E-state index is -0.765. The molecule has 0 radical (unpaired) electrons. The number of hydrogen-bond donors (Lipinski definition) is 0. The fourth-order valence-corrected chi connectivity index (χ4v) is 12.8. The minimum Gasteiger partial charge on any atom is -0.343 e. The molecule has 4 aromatic rings. The van der Waals surface area contributed by atoms with E-state index >= 15 is 0 Å². The van der Waals surface area contributed by atoms with Gasteiger partial charge in [-0.1, -0.05) is 129 Å². The predicted molar refractivity (Wildman–Crippen MR) is 243 cm³/mol. The summed E-state index contributed by atoms with van der Waals surface area (Å²) in [7, 11) is 0. The van der Waals surface area contributed by atoms with Gasteiger partial charge >= 0.3 is 0 Å². The summed E-state index contributed by atoms with van der Waals surface area (Å²) in [5, 5.41) is 0. The molecule has 4 aromatic heterocycles. The molecule has 0 bridgehead atoms. The van der Waals surface area contributed by atoms with E-state index < -0.39 is 11.6 Å². The second-order valence-corrected chi connectivity index (χ2v) is 20.6. The molecule has 0 N–H and O–H groups in total. The van der Waals surface area contributed by atoms with E-state index in [9.17, 15) is 0 Å². The van der Waals surface area contributed by atoms with Gasteiger partial charge in [0, 0.05) is 42.1 Å². The van der Waals surface area contributed by atoms with Gasteiger partial charge in [-0.25, -0.2) is 0 Å². The molecule has 0 amide bonds. The maximum Gasteiger partial charge on any atom is 0.204 e. The molecule has 6 rings (SSSR count). The van der Waals surface area contributed by atoms with Crippen LogP contribution >= 0.6 is 45.3 Å². The Hall–Kier alpha value is -1.36. The lowest BCUT2D eigenvalue weighted by atomic mass is 10.0. The Kier molecular flexibility index (Phi) is 19.0. The molecule has 2 saturated heterocycles. The second-order valence-electron chi connectivity index (χ2n) is 16.1. The van der Waals surface area contributed by atoms with Crippen LogP contribution in [0.3, 0.4) is 0 Å². The molecule has 310 valence electrons. The topological polar surface area (TPSA) is 36.9 Å². The molecule has 56 heavy (non-hydrogen) atoms. The lowest BCUT2D eigenvalue weighted by molar-refractivity contribution is -0.211. The van der Waals surface area contributed by atoms with Crippen molar-refractivity contribution in [3.63, 3.8) is 0 Å². The molecule has 2 aliphatic heterocycles. The first kappa shape index (κ1) is 44.2. The second kappa shape index (κ2) is 24.0. The van der Waals surface area contributed by atoms with Crippen LogP contribution in [0, 0.1) is 0 Å². The number of ether oxygens (including phenoxy) is 4. The van der Waals surface area contributed by atoms with E-state index in [1.54, 1.807) is 0 Å². The molecule has 2 fully saturated rings. The van der Waals surface area contributed by atoms with Crippen molar-refractivity contribution in [3.05, 3.63) is 68.0 Å². The number of hydrogen-bond acceptors (Lipinski definition) is 8. The van der Waals surface area contributed by atoms with E-state index in [0.717, 1.165) is 9.75 Å². The molecular weight excluding hydrogens is 769 g/mol. The Morgan fingerprint density at radius 1 is 0.375 bits per heavy atom. The quantitative estimate of drug-likeness (QED) is 0.0511. The number of aryl methyl sites for hydroxylation is 2. The van der Waals surface area contributed by atoms with Gasteiger partial charge in [-0.15, -0.1) is 45.3 Å². The van der Waals surface area contributed by atoms with Crippen molar-refractivity contribution in [1.82, 2.24) is 0 Å². The van der Waals surface area contributed by atoms with Crippen LogP contribution in [0.15, 0.2) is 48.5 Å². The smallest absolute Gasteiger partial charge is 0.204 e. The molecular formula is C48H70O4S4. The number of unbranched alkanes of at least 4 members (excludes halogenated alkanes) is 18.